The monoisotopic (exact) mass is 293 g/mol. The quantitative estimate of drug-likeness (QED) is 0.849. The van der Waals surface area contributed by atoms with Crippen LogP contribution >= 0.6 is 11.8 Å². The molecular formula is C15H19NO3S. The molecule has 0 spiro atoms. The van der Waals surface area contributed by atoms with Gasteiger partial charge >= 0.3 is 0 Å². The van der Waals surface area contributed by atoms with Crippen molar-refractivity contribution < 1.29 is 13.9 Å². The first kappa shape index (κ1) is 14.8. The van der Waals surface area contributed by atoms with Crippen molar-refractivity contribution in [2.24, 2.45) is 5.73 Å². The average Bonchev–Trinajstić information content (AvgIpc) is 2.99. The molecule has 108 valence electrons. The molecule has 1 aromatic carbocycles. The summed E-state index contributed by atoms with van der Waals surface area (Å²) in [6, 6.07) is 9.47. The molecule has 2 aromatic rings. The van der Waals surface area contributed by atoms with Gasteiger partial charge in [-0.25, -0.2) is 0 Å². The second kappa shape index (κ2) is 7.26. The normalized spacial score (nSPS) is 12.2. The Hall–Kier alpha value is -1.59. The van der Waals surface area contributed by atoms with Gasteiger partial charge in [0.15, 0.2) is 0 Å². The molecule has 5 heteroatoms. The van der Waals surface area contributed by atoms with Crippen LogP contribution in [0.1, 0.15) is 17.4 Å². The molecule has 2 N–H and O–H groups in total. The van der Waals surface area contributed by atoms with Gasteiger partial charge in [0.2, 0.25) is 0 Å². The Morgan fingerprint density at radius 3 is 2.75 bits per heavy atom. The highest BCUT2D eigenvalue weighted by Crippen LogP contribution is 2.30. The molecule has 0 saturated carbocycles. The van der Waals surface area contributed by atoms with Crippen molar-refractivity contribution in [3.63, 3.8) is 0 Å². The molecule has 1 atom stereocenters. The van der Waals surface area contributed by atoms with Crippen LogP contribution in [0.15, 0.2) is 41.0 Å². The second-order valence-electron chi connectivity index (χ2n) is 4.31. The molecule has 0 aliphatic rings. The largest absolute Gasteiger partial charge is 0.497 e. The molecule has 2 rings (SSSR count). The van der Waals surface area contributed by atoms with Gasteiger partial charge in [0.05, 0.1) is 26.2 Å². The van der Waals surface area contributed by atoms with Crippen molar-refractivity contribution in [1.29, 1.82) is 0 Å². The minimum atomic E-state index is -0.0872. The zero-order valence-corrected chi connectivity index (χ0v) is 12.5. The van der Waals surface area contributed by atoms with E-state index in [1.807, 2.05) is 30.3 Å². The van der Waals surface area contributed by atoms with Crippen LogP contribution in [-0.4, -0.2) is 20.0 Å². The Labute approximate surface area is 123 Å². The van der Waals surface area contributed by atoms with Crippen LogP contribution in [0.2, 0.25) is 0 Å². The first-order chi connectivity index (χ1) is 9.74. The SMILES string of the molecule is COc1ccc(C(N)CSCc2ccco2)c(OC)c1. The highest BCUT2D eigenvalue weighted by Gasteiger charge is 2.13. The van der Waals surface area contributed by atoms with Crippen LogP contribution < -0.4 is 15.2 Å². The maximum Gasteiger partial charge on any atom is 0.127 e. The lowest BCUT2D eigenvalue weighted by molar-refractivity contribution is 0.389. The highest BCUT2D eigenvalue weighted by atomic mass is 32.2. The molecular weight excluding hydrogens is 274 g/mol. The van der Waals surface area contributed by atoms with Gasteiger partial charge in [0.1, 0.15) is 17.3 Å². The van der Waals surface area contributed by atoms with Crippen molar-refractivity contribution in [1.82, 2.24) is 0 Å². The molecule has 0 fully saturated rings. The Morgan fingerprint density at radius 2 is 2.10 bits per heavy atom. The van der Waals surface area contributed by atoms with E-state index in [-0.39, 0.29) is 6.04 Å². The molecule has 0 amide bonds. The van der Waals surface area contributed by atoms with E-state index < -0.39 is 0 Å². The van der Waals surface area contributed by atoms with Crippen LogP contribution in [-0.2, 0) is 5.75 Å². The molecule has 20 heavy (non-hydrogen) atoms. The van der Waals surface area contributed by atoms with Crippen molar-refractivity contribution in [3.8, 4) is 11.5 Å². The lowest BCUT2D eigenvalue weighted by atomic mass is 10.1. The summed E-state index contributed by atoms with van der Waals surface area (Å²) >= 11 is 1.74. The van der Waals surface area contributed by atoms with Crippen LogP contribution in [0.4, 0.5) is 0 Å². The molecule has 1 heterocycles. The van der Waals surface area contributed by atoms with Gasteiger partial charge in [-0.3, -0.25) is 0 Å². The third kappa shape index (κ3) is 3.71. The van der Waals surface area contributed by atoms with Crippen molar-refractivity contribution in [2.45, 2.75) is 11.8 Å². The topological polar surface area (TPSA) is 57.6 Å². The fourth-order valence-corrected chi connectivity index (χ4v) is 2.81. The van der Waals surface area contributed by atoms with Crippen LogP contribution in [0.5, 0.6) is 11.5 Å². The lowest BCUT2D eigenvalue weighted by Gasteiger charge is -2.16. The highest BCUT2D eigenvalue weighted by molar-refractivity contribution is 7.98. The summed E-state index contributed by atoms with van der Waals surface area (Å²) in [6.07, 6.45) is 1.68. The number of furan rings is 1. The molecule has 0 radical (unpaired) electrons. The smallest absolute Gasteiger partial charge is 0.127 e. The van der Waals surface area contributed by atoms with Gasteiger partial charge in [-0.05, 0) is 18.2 Å². The minimum absolute atomic E-state index is 0.0872. The van der Waals surface area contributed by atoms with E-state index in [9.17, 15) is 0 Å². The first-order valence-corrected chi connectivity index (χ1v) is 7.47. The molecule has 4 nitrogen and oxygen atoms in total. The van der Waals surface area contributed by atoms with E-state index in [4.69, 9.17) is 19.6 Å². The zero-order chi connectivity index (χ0) is 14.4. The summed E-state index contributed by atoms with van der Waals surface area (Å²) in [5.41, 5.74) is 7.22. The van der Waals surface area contributed by atoms with E-state index in [2.05, 4.69) is 0 Å². The zero-order valence-electron chi connectivity index (χ0n) is 11.7. The number of nitrogens with two attached hydrogens (primary N) is 1. The number of hydrogen-bond acceptors (Lipinski definition) is 5. The van der Waals surface area contributed by atoms with Crippen LogP contribution in [0.3, 0.4) is 0 Å². The fourth-order valence-electron chi connectivity index (χ4n) is 1.90. The van der Waals surface area contributed by atoms with E-state index >= 15 is 0 Å². The summed E-state index contributed by atoms with van der Waals surface area (Å²) in [7, 11) is 3.27. The minimum Gasteiger partial charge on any atom is -0.497 e. The maximum absolute atomic E-state index is 6.23. The summed E-state index contributed by atoms with van der Waals surface area (Å²) in [5.74, 6) is 4.10. The number of rotatable bonds is 7. The Kier molecular flexibility index (Phi) is 5.38. The van der Waals surface area contributed by atoms with Gasteiger partial charge in [0.25, 0.3) is 0 Å². The number of benzene rings is 1. The molecule has 0 saturated heterocycles. The van der Waals surface area contributed by atoms with Crippen LogP contribution in [0.25, 0.3) is 0 Å². The summed E-state index contributed by atoms with van der Waals surface area (Å²) in [6.45, 7) is 0. The van der Waals surface area contributed by atoms with Crippen LogP contribution in [0, 0.1) is 0 Å². The average molecular weight is 293 g/mol. The van der Waals surface area contributed by atoms with E-state index in [0.29, 0.717) is 0 Å². The Balaban J connectivity index is 1.95. The second-order valence-corrected chi connectivity index (χ2v) is 5.34. The predicted octanol–water partition coefficient (Wildman–Crippen LogP) is 3.23. The Bertz CT molecular complexity index is 528. The molecule has 0 aliphatic carbocycles. The van der Waals surface area contributed by atoms with E-state index in [1.54, 1.807) is 32.2 Å². The van der Waals surface area contributed by atoms with Crippen molar-refractivity contribution in [2.75, 3.05) is 20.0 Å². The summed E-state index contributed by atoms with van der Waals surface area (Å²) in [4.78, 5) is 0. The van der Waals surface area contributed by atoms with Gasteiger partial charge in [-0.1, -0.05) is 6.07 Å². The molecule has 0 bridgehead atoms. The standard InChI is InChI=1S/C15H19NO3S/c1-17-11-5-6-13(15(8-11)18-2)14(16)10-20-9-12-4-3-7-19-12/h3-8,14H,9-10,16H2,1-2H3. The summed E-state index contributed by atoms with van der Waals surface area (Å²) in [5, 5.41) is 0. The maximum atomic E-state index is 6.23. The third-order valence-electron chi connectivity index (χ3n) is 2.96. The van der Waals surface area contributed by atoms with Crippen molar-refractivity contribution in [3.05, 3.63) is 47.9 Å². The number of ether oxygens (including phenoxy) is 2. The molecule has 1 aromatic heterocycles. The summed E-state index contributed by atoms with van der Waals surface area (Å²) < 4.78 is 15.8. The first-order valence-electron chi connectivity index (χ1n) is 6.32. The predicted molar refractivity (Wildman–Crippen MR) is 81.3 cm³/mol. The third-order valence-corrected chi connectivity index (χ3v) is 4.05. The van der Waals surface area contributed by atoms with Crippen molar-refractivity contribution >= 4 is 11.8 Å². The fraction of sp³-hybridized carbons (Fsp3) is 0.333. The van der Waals surface area contributed by atoms with Gasteiger partial charge < -0.3 is 19.6 Å². The Morgan fingerprint density at radius 1 is 1.25 bits per heavy atom. The van der Waals surface area contributed by atoms with Gasteiger partial charge in [-0.2, -0.15) is 11.8 Å². The molecule has 0 aliphatic heterocycles. The number of hydrogen-bond donors (Lipinski definition) is 1. The molecule has 1 unspecified atom stereocenters. The van der Waals surface area contributed by atoms with Gasteiger partial charge in [0, 0.05) is 23.4 Å². The van der Waals surface area contributed by atoms with E-state index in [0.717, 1.165) is 34.3 Å². The van der Waals surface area contributed by atoms with Gasteiger partial charge in [-0.15, -0.1) is 0 Å². The number of thioether (sulfide) groups is 1. The van der Waals surface area contributed by atoms with E-state index in [1.165, 1.54) is 0 Å². The lowest BCUT2D eigenvalue weighted by Crippen LogP contribution is -2.14. The number of methoxy groups -OCH3 is 2.